The van der Waals surface area contributed by atoms with Crippen LogP contribution in [0.4, 0.5) is 11.4 Å². The van der Waals surface area contributed by atoms with Gasteiger partial charge in [-0.3, -0.25) is 9.10 Å². The van der Waals surface area contributed by atoms with Crippen LogP contribution in [0.25, 0.3) is 0 Å². The van der Waals surface area contributed by atoms with Crippen LogP contribution >= 0.6 is 0 Å². The summed E-state index contributed by atoms with van der Waals surface area (Å²) in [6.45, 7) is 1.53. The van der Waals surface area contributed by atoms with Crippen LogP contribution in [-0.4, -0.2) is 33.7 Å². The third-order valence-corrected chi connectivity index (χ3v) is 5.74. The molecule has 0 radical (unpaired) electrons. The highest BCUT2D eigenvalue weighted by Crippen LogP contribution is 2.26. The topological polar surface area (TPSA) is 84.9 Å². The molecule has 0 heterocycles. The Morgan fingerprint density at radius 3 is 2.13 bits per heavy atom. The number of nitrogens with zero attached hydrogens (tertiary/aromatic N) is 1. The number of hydrogen-bond acceptors (Lipinski definition) is 5. The minimum atomic E-state index is -3.72. The molecule has 0 aliphatic heterocycles. The maximum Gasteiger partial charge on any atom is 0.247 e. The molecule has 3 aromatic carbocycles. The smallest absolute Gasteiger partial charge is 0.247 e. The van der Waals surface area contributed by atoms with E-state index < -0.39 is 22.0 Å². The number of nitrogens with one attached hydrogen (secondary N) is 1. The molecule has 1 amide bonds. The zero-order chi connectivity index (χ0) is 22.4. The molecule has 0 bridgehead atoms. The molecule has 0 aliphatic carbocycles. The van der Waals surface area contributed by atoms with E-state index in [1.807, 2.05) is 30.3 Å². The maximum atomic E-state index is 12.8. The van der Waals surface area contributed by atoms with Crippen LogP contribution in [-0.2, 0) is 14.8 Å². The lowest BCUT2D eigenvalue weighted by atomic mass is 10.2. The van der Waals surface area contributed by atoms with Gasteiger partial charge in [0.25, 0.3) is 0 Å². The first-order valence-electron chi connectivity index (χ1n) is 9.55. The molecule has 8 heteroatoms. The molecule has 3 aromatic rings. The molecule has 0 unspecified atom stereocenters. The van der Waals surface area contributed by atoms with Gasteiger partial charge in [-0.2, -0.15) is 0 Å². The van der Waals surface area contributed by atoms with Crippen molar-refractivity contribution in [2.45, 2.75) is 13.0 Å². The maximum absolute atomic E-state index is 12.8. The minimum Gasteiger partial charge on any atom is -0.497 e. The van der Waals surface area contributed by atoms with E-state index in [4.69, 9.17) is 9.47 Å². The van der Waals surface area contributed by atoms with Crippen molar-refractivity contribution in [3.63, 3.8) is 0 Å². The first kappa shape index (κ1) is 22.2. The van der Waals surface area contributed by atoms with Gasteiger partial charge >= 0.3 is 0 Å². The van der Waals surface area contributed by atoms with Gasteiger partial charge in [0.2, 0.25) is 15.9 Å². The Kier molecular flexibility index (Phi) is 6.81. The molecular formula is C23H24N2O5S. The first-order chi connectivity index (χ1) is 14.8. The van der Waals surface area contributed by atoms with Gasteiger partial charge in [0, 0.05) is 11.8 Å². The quantitative estimate of drug-likeness (QED) is 0.565. The van der Waals surface area contributed by atoms with E-state index in [0.29, 0.717) is 28.6 Å². The van der Waals surface area contributed by atoms with Gasteiger partial charge in [-0.05, 0) is 55.5 Å². The van der Waals surface area contributed by atoms with Crippen molar-refractivity contribution in [1.82, 2.24) is 0 Å². The summed E-state index contributed by atoms with van der Waals surface area (Å²) >= 11 is 0. The highest BCUT2D eigenvalue weighted by Gasteiger charge is 2.29. The van der Waals surface area contributed by atoms with Gasteiger partial charge in [-0.15, -0.1) is 0 Å². The van der Waals surface area contributed by atoms with E-state index in [1.165, 1.54) is 14.0 Å². The van der Waals surface area contributed by atoms with Gasteiger partial charge in [0.1, 0.15) is 23.3 Å². The third kappa shape index (κ3) is 5.76. The summed E-state index contributed by atoms with van der Waals surface area (Å²) in [5.41, 5.74) is 0.868. The second kappa shape index (κ2) is 9.53. The molecule has 1 atom stereocenters. The van der Waals surface area contributed by atoms with E-state index >= 15 is 0 Å². The van der Waals surface area contributed by atoms with Crippen LogP contribution < -0.4 is 19.1 Å². The van der Waals surface area contributed by atoms with Crippen LogP contribution in [0, 0.1) is 0 Å². The summed E-state index contributed by atoms with van der Waals surface area (Å²) in [7, 11) is -2.23. The average Bonchev–Trinajstić information content (AvgIpc) is 2.75. The molecular weight excluding hydrogens is 416 g/mol. The van der Waals surface area contributed by atoms with Crippen molar-refractivity contribution in [2.75, 3.05) is 23.0 Å². The second-order valence-corrected chi connectivity index (χ2v) is 8.72. The number of benzene rings is 3. The zero-order valence-electron chi connectivity index (χ0n) is 17.5. The lowest BCUT2D eigenvalue weighted by Gasteiger charge is -2.28. The predicted octanol–water partition coefficient (Wildman–Crippen LogP) is 4.28. The largest absolute Gasteiger partial charge is 0.497 e. The van der Waals surface area contributed by atoms with E-state index in [0.717, 1.165) is 10.6 Å². The number of sulfonamides is 1. The van der Waals surface area contributed by atoms with Crippen molar-refractivity contribution in [3.8, 4) is 17.2 Å². The number of para-hydroxylation sites is 1. The number of carbonyl (C=O) groups is 1. The number of rotatable bonds is 8. The number of ether oxygens (including phenoxy) is 2. The Balaban J connectivity index is 1.74. The Bertz CT molecular complexity index is 1130. The standard InChI is InChI=1S/C23H24N2O5S/c1-17(25(31(3,27)28)19-8-7-11-22(16-19)29-2)23(26)24-18-12-14-21(15-13-18)30-20-9-5-4-6-10-20/h4-17H,1-3H3,(H,24,26)/t17-/m1/s1. The summed E-state index contributed by atoms with van der Waals surface area (Å²) in [6, 6.07) is 21.7. The first-order valence-corrected chi connectivity index (χ1v) is 11.4. The highest BCUT2D eigenvalue weighted by molar-refractivity contribution is 7.92. The SMILES string of the molecule is COc1cccc(N([C@H](C)C(=O)Nc2ccc(Oc3ccccc3)cc2)S(C)(=O)=O)c1. The van der Waals surface area contributed by atoms with Crippen molar-refractivity contribution in [2.24, 2.45) is 0 Å². The van der Waals surface area contributed by atoms with Crippen LogP contribution in [0.2, 0.25) is 0 Å². The van der Waals surface area contributed by atoms with E-state index in [-0.39, 0.29) is 0 Å². The third-order valence-electron chi connectivity index (χ3n) is 4.50. The van der Waals surface area contributed by atoms with E-state index in [2.05, 4.69) is 5.32 Å². The Morgan fingerprint density at radius 2 is 1.52 bits per heavy atom. The fourth-order valence-electron chi connectivity index (χ4n) is 3.03. The summed E-state index contributed by atoms with van der Waals surface area (Å²) in [5, 5.41) is 2.75. The summed E-state index contributed by atoms with van der Waals surface area (Å²) in [6.07, 6.45) is 1.06. The molecule has 7 nitrogen and oxygen atoms in total. The Hall–Kier alpha value is -3.52. The highest BCUT2D eigenvalue weighted by atomic mass is 32.2. The predicted molar refractivity (Wildman–Crippen MR) is 121 cm³/mol. The zero-order valence-corrected chi connectivity index (χ0v) is 18.3. The summed E-state index contributed by atoms with van der Waals surface area (Å²) < 4.78 is 36.9. The number of anilines is 2. The van der Waals surface area contributed by atoms with Crippen LogP contribution in [0.3, 0.4) is 0 Å². The van der Waals surface area contributed by atoms with Crippen LogP contribution in [0.15, 0.2) is 78.9 Å². The molecule has 3 rings (SSSR count). The number of methoxy groups -OCH3 is 1. The number of hydrogen-bond donors (Lipinski definition) is 1. The van der Waals surface area contributed by atoms with E-state index in [9.17, 15) is 13.2 Å². The summed E-state index contributed by atoms with van der Waals surface area (Å²) in [5.74, 6) is 1.35. The Labute approximate surface area is 182 Å². The van der Waals surface area contributed by atoms with Crippen molar-refractivity contribution < 1.29 is 22.7 Å². The van der Waals surface area contributed by atoms with Gasteiger partial charge < -0.3 is 14.8 Å². The monoisotopic (exact) mass is 440 g/mol. The van der Waals surface area contributed by atoms with Crippen LogP contribution in [0.5, 0.6) is 17.2 Å². The van der Waals surface area contributed by atoms with Gasteiger partial charge in [-0.25, -0.2) is 8.42 Å². The van der Waals surface area contributed by atoms with Gasteiger partial charge in [0.15, 0.2) is 0 Å². The minimum absolute atomic E-state index is 0.344. The molecule has 0 aromatic heterocycles. The van der Waals surface area contributed by atoms with Crippen molar-refractivity contribution in [3.05, 3.63) is 78.9 Å². The van der Waals surface area contributed by atoms with Crippen molar-refractivity contribution in [1.29, 1.82) is 0 Å². The van der Waals surface area contributed by atoms with Crippen molar-refractivity contribution >= 4 is 27.3 Å². The van der Waals surface area contributed by atoms with E-state index in [1.54, 1.807) is 48.5 Å². The fourth-order valence-corrected chi connectivity index (χ4v) is 4.20. The van der Waals surface area contributed by atoms with Crippen LogP contribution in [0.1, 0.15) is 6.92 Å². The molecule has 1 N–H and O–H groups in total. The van der Waals surface area contributed by atoms with Gasteiger partial charge in [-0.1, -0.05) is 24.3 Å². The average molecular weight is 441 g/mol. The Morgan fingerprint density at radius 1 is 0.903 bits per heavy atom. The molecule has 0 saturated carbocycles. The fraction of sp³-hybridized carbons (Fsp3) is 0.174. The second-order valence-electron chi connectivity index (χ2n) is 6.87. The lowest BCUT2D eigenvalue weighted by Crippen LogP contribution is -2.45. The number of amides is 1. The molecule has 162 valence electrons. The number of carbonyl (C=O) groups excluding carboxylic acids is 1. The molecule has 31 heavy (non-hydrogen) atoms. The molecule has 0 fully saturated rings. The normalized spacial score (nSPS) is 12.0. The lowest BCUT2D eigenvalue weighted by molar-refractivity contribution is -0.116. The molecule has 0 aliphatic rings. The van der Waals surface area contributed by atoms with Gasteiger partial charge in [0.05, 0.1) is 19.1 Å². The summed E-state index contributed by atoms with van der Waals surface area (Å²) in [4.78, 5) is 12.8. The molecule has 0 saturated heterocycles. The molecule has 0 spiro atoms.